The van der Waals surface area contributed by atoms with Crippen LogP contribution in [0, 0.1) is 24.7 Å². The molecule has 2 heteroatoms. The third-order valence-corrected chi connectivity index (χ3v) is 4.15. The van der Waals surface area contributed by atoms with E-state index in [2.05, 4.69) is 18.8 Å². The van der Waals surface area contributed by atoms with Crippen LogP contribution in [0.2, 0.25) is 0 Å². The van der Waals surface area contributed by atoms with Gasteiger partial charge in [0.15, 0.2) is 5.78 Å². The SMILES string of the molecule is Cc1cc(C(=O)C2CCC(C)C(C)C2)ccn1. The summed E-state index contributed by atoms with van der Waals surface area (Å²) in [5.74, 6) is 1.97. The van der Waals surface area contributed by atoms with E-state index in [0.717, 1.165) is 30.0 Å². The zero-order valence-corrected chi connectivity index (χ0v) is 10.9. The van der Waals surface area contributed by atoms with Crippen LogP contribution in [0.4, 0.5) is 0 Å². The summed E-state index contributed by atoms with van der Waals surface area (Å²) >= 11 is 0. The van der Waals surface area contributed by atoms with E-state index >= 15 is 0 Å². The van der Waals surface area contributed by atoms with Gasteiger partial charge in [0, 0.05) is 23.4 Å². The van der Waals surface area contributed by atoms with E-state index in [0.29, 0.717) is 11.7 Å². The highest BCUT2D eigenvalue weighted by Crippen LogP contribution is 2.34. The molecule has 3 atom stereocenters. The summed E-state index contributed by atoms with van der Waals surface area (Å²) in [5.41, 5.74) is 1.76. The second kappa shape index (κ2) is 4.99. The Kier molecular flexibility index (Phi) is 3.60. The van der Waals surface area contributed by atoms with Crippen LogP contribution in [0.5, 0.6) is 0 Å². The van der Waals surface area contributed by atoms with Crippen molar-refractivity contribution in [2.24, 2.45) is 17.8 Å². The van der Waals surface area contributed by atoms with Crippen molar-refractivity contribution in [1.82, 2.24) is 4.98 Å². The lowest BCUT2D eigenvalue weighted by Crippen LogP contribution is -2.26. The molecule has 1 heterocycles. The Morgan fingerprint density at radius 1 is 1.29 bits per heavy atom. The minimum absolute atomic E-state index is 0.225. The van der Waals surface area contributed by atoms with Gasteiger partial charge in [-0.2, -0.15) is 0 Å². The Balaban J connectivity index is 2.10. The molecule has 1 aliphatic carbocycles. The van der Waals surface area contributed by atoms with E-state index in [9.17, 15) is 4.79 Å². The first-order valence-corrected chi connectivity index (χ1v) is 6.54. The van der Waals surface area contributed by atoms with Gasteiger partial charge in [0.2, 0.25) is 0 Å². The van der Waals surface area contributed by atoms with E-state index < -0.39 is 0 Å². The summed E-state index contributed by atoms with van der Waals surface area (Å²) in [4.78, 5) is 16.5. The van der Waals surface area contributed by atoms with Crippen LogP contribution in [-0.2, 0) is 0 Å². The Hall–Kier alpha value is -1.18. The fourth-order valence-electron chi connectivity index (χ4n) is 2.72. The molecular formula is C15H21NO. The quantitative estimate of drug-likeness (QED) is 0.727. The van der Waals surface area contributed by atoms with E-state index in [4.69, 9.17) is 0 Å². The Bertz CT molecular complexity index is 413. The topological polar surface area (TPSA) is 30.0 Å². The van der Waals surface area contributed by atoms with Crippen LogP contribution >= 0.6 is 0 Å². The van der Waals surface area contributed by atoms with Crippen molar-refractivity contribution in [1.29, 1.82) is 0 Å². The van der Waals surface area contributed by atoms with Crippen molar-refractivity contribution >= 4 is 5.78 Å². The van der Waals surface area contributed by atoms with E-state index in [1.807, 2.05) is 19.1 Å². The summed E-state index contributed by atoms with van der Waals surface area (Å²) in [6.07, 6.45) is 5.01. The Morgan fingerprint density at radius 3 is 2.71 bits per heavy atom. The van der Waals surface area contributed by atoms with Gasteiger partial charge in [-0.05, 0) is 50.2 Å². The number of pyridine rings is 1. The predicted octanol–water partition coefficient (Wildman–Crippen LogP) is 3.65. The lowest BCUT2D eigenvalue weighted by Gasteiger charge is -2.31. The van der Waals surface area contributed by atoms with Gasteiger partial charge < -0.3 is 0 Å². The fraction of sp³-hybridized carbons (Fsp3) is 0.600. The van der Waals surface area contributed by atoms with Crippen LogP contribution < -0.4 is 0 Å². The molecule has 1 fully saturated rings. The predicted molar refractivity (Wildman–Crippen MR) is 69.0 cm³/mol. The number of ketones is 1. The minimum atomic E-state index is 0.225. The van der Waals surface area contributed by atoms with E-state index in [1.165, 1.54) is 6.42 Å². The second-order valence-electron chi connectivity index (χ2n) is 5.51. The van der Waals surface area contributed by atoms with E-state index in [-0.39, 0.29) is 5.92 Å². The number of aryl methyl sites for hydroxylation is 1. The fourth-order valence-corrected chi connectivity index (χ4v) is 2.72. The molecule has 0 N–H and O–H groups in total. The van der Waals surface area contributed by atoms with Crippen molar-refractivity contribution in [3.8, 4) is 0 Å². The molecule has 0 spiro atoms. The largest absolute Gasteiger partial charge is 0.294 e. The van der Waals surface area contributed by atoms with Crippen molar-refractivity contribution < 1.29 is 4.79 Å². The summed E-state index contributed by atoms with van der Waals surface area (Å²) in [5, 5.41) is 0. The van der Waals surface area contributed by atoms with Gasteiger partial charge in [0.05, 0.1) is 0 Å². The molecule has 0 bridgehead atoms. The number of carbonyl (C=O) groups excluding carboxylic acids is 1. The zero-order valence-electron chi connectivity index (χ0n) is 10.9. The summed E-state index contributed by atoms with van der Waals surface area (Å²) < 4.78 is 0. The molecular weight excluding hydrogens is 210 g/mol. The Labute approximate surface area is 103 Å². The van der Waals surface area contributed by atoms with Crippen LogP contribution in [0.3, 0.4) is 0 Å². The van der Waals surface area contributed by atoms with Gasteiger partial charge in [0.1, 0.15) is 0 Å². The van der Waals surface area contributed by atoms with Gasteiger partial charge >= 0.3 is 0 Å². The second-order valence-corrected chi connectivity index (χ2v) is 5.51. The van der Waals surface area contributed by atoms with Crippen molar-refractivity contribution in [2.45, 2.75) is 40.0 Å². The number of rotatable bonds is 2. The average Bonchev–Trinajstić information content (AvgIpc) is 2.32. The third kappa shape index (κ3) is 2.74. The molecule has 0 amide bonds. The van der Waals surface area contributed by atoms with Crippen molar-refractivity contribution in [3.05, 3.63) is 29.6 Å². The van der Waals surface area contributed by atoms with Crippen molar-refractivity contribution in [2.75, 3.05) is 0 Å². The number of carbonyl (C=O) groups is 1. The minimum Gasteiger partial charge on any atom is -0.294 e. The summed E-state index contributed by atoms with van der Waals surface area (Å²) in [6, 6.07) is 3.75. The number of hydrogen-bond donors (Lipinski definition) is 0. The molecule has 3 unspecified atom stereocenters. The van der Waals surface area contributed by atoms with Gasteiger partial charge in [-0.15, -0.1) is 0 Å². The maximum atomic E-state index is 12.4. The van der Waals surface area contributed by atoms with Gasteiger partial charge in [-0.25, -0.2) is 0 Å². The molecule has 92 valence electrons. The number of aromatic nitrogens is 1. The summed E-state index contributed by atoms with van der Waals surface area (Å²) in [6.45, 7) is 6.49. The molecule has 17 heavy (non-hydrogen) atoms. The highest BCUT2D eigenvalue weighted by molar-refractivity contribution is 5.97. The molecule has 2 nitrogen and oxygen atoms in total. The maximum absolute atomic E-state index is 12.4. The molecule has 1 aliphatic rings. The molecule has 1 aromatic rings. The van der Waals surface area contributed by atoms with Gasteiger partial charge in [-0.1, -0.05) is 13.8 Å². The zero-order chi connectivity index (χ0) is 12.4. The molecule has 0 radical (unpaired) electrons. The first kappa shape index (κ1) is 12.3. The van der Waals surface area contributed by atoms with Gasteiger partial charge in [-0.3, -0.25) is 9.78 Å². The number of Topliss-reactive ketones (excluding diaryl/α,β-unsaturated/α-hetero) is 1. The monoisotopic (exact) mass is 231 g/mol. The van der Waals surface area contributed by atoms with Crippen LogP contribution in [0.1, 0.15) is 49.2 Å². The molecule has 1 aromatic heterocycles. The molecule has 0 saturated heterocycles. The molecule has 0 aromatic carbocycles. The standard InChI is InChI=1S/C15H21NO/c1-10-4-5-13(8-11(10)2)15(17)14-6-7-16-12(3)9-14/h6-7,9-11,13H,4-5,8H2,1-3H3. The van der Waals surface area contributed by atoms with Crippen molar-refractivity contribution in [3.63, 3.8) is 0 Å². The van der Waals surface area contributed by atoms with Crippen LogP contribution in [0.15, 0.2) is 18.3 Å². The molecule has 1 saturated carbocycles. The highest BCUT2D eigenvalue weighted by Gasteiger charge is 2.29. The maximum Gasteiger partial charge on any atom is 0.166 e. The van der Waals surface area contributed by atoms with Crippen LogP contribution in [-0.4, -0.2) is 10.8 Å². The smallest absolute Gasteiger partial charge is 0.166 e. The lowest BCUT2D eigenvalue weighted by atomic mass is 9.73. The Morgan fingerprint density at radius 2 is 2.06 bits per heavy atom. The highest BCUT2D eigenvalue weighted by atomic mass is 16.1. The summed E-state index contributed by atoms with van der Waals surface area (Å²) in [7, 11) is 0. The molecule has 2 rings (SSSR count). The molecule has 0 aliphatic heterocycles. The first-order valence-electron chi connectivity index (χ1n) is 6.54. The van der Waals surface area contributed by atoms with E-state index in [1.54, 1.807) is 6.20 Å². The number of hydrogen-bond acceptors (Lipinski definition) is 2. The normalized spacial score (nSPS) is 29.0. The first-order chi connectivity index (χ1) is 8.08. The van der Waals surface area contributed by atoms with Crippen LogP contribution in [0.25, 0.3) is 0 Å². The van der Waals surface area contributed by atoms with Gasteiger partial charge in [0.25, 0.3) is 0 Å². The lowest BCUT2D eigenvalue weighted by molar-refractivity contribution is 0.0837. The number of nitrogens with zero attached hydrogens (tertiary/aromatic N) is 1. The average molecular weight is 231 g/mol. The third-order valence-electron chi connectivity index (χ3n) is 4.15.